The fraction of sp³-hybridized carbons (Fsp3) is 0.556. The first-order valence-corrected chi connectivity index (χ1v) is 28.6. The Morgan fingerprint density at radius 2 is 1.09 bits per heavy atom. The number of hydrogen-bond donors (Lipinski definition) is 0. The summed E-state index contributed by atoms with van der Waals surface area (Å²) in [6, 6.07) is 0. The minimum absolute atomic E-state index is 0. The number of allylic oxidation sites excluding steroid dienone is 8. The maximum atomic E-state index is 2.70. The van der Waals surface area contributed by atoms with Gasteiger partial charge in [0.1, 0.15) is 0 Å². The van der Waals surface area contributed by atoms with Crippen molar-refractivity contribution < 1.29 is 43.4 Å². The first kappa shape index (κ1) is 20.2. The molecule has 0 bridgehead atoms. The van der Waals surface area contributed by atoms with Gasteiger partial charge in [0, 0.05) is 0 Å². The molecule has 4 aliphatic rings. The quantitative estimate of drug-likeness (QED) is 0.388. The Morgan fingerprint density at radius 1 is 0.696 bits per heavy atom. The molecule has 0 aliphatic heterocycles. The zero-order chi connectivity index (χ0) is 14.4. The minimum atomic E-state index is -1.93. The summed E-state index contributed by atoms with van der Waals surface area (Å²) in [7, 11) is 3.11. The third-order valence-electron chi connectivity index (χ3n) is 6.44. The van der Waals surface area contributed by atoms with E-state index in [2.05, 4.69) is 24.3 Å². The molecule has 0 spiro atoms. The average molecular weight is 463 g/mol. The molecule has 0 saturated carbocycles. The third kappa shape index (κ3) is 3.56. The van der Waals surface area contributed by atoms with E-state index >= 15 is 0 Å². The van der Waals surface area contributed by atoms with E-state index in [1.165, 1.54) is 51.4 Å². The van der Waals surface area contributed by atoms with E-state index in [0.29, 0.717) is 0 Å². The fourth-order valence-corrected chi connectivity index (χ4v) is 27.9. The van der Waals surface area contributed by atoms with E-state index in [0.717, 1.165) is 7.25 Å². The second-order valence-electron chi connectivity index (χ2n) is 8.01. The Labute approximate surface area is 162 Å². The van der Waals surface area contributed by atoms with Crippen molar-refractivity contribution in [3.63, 3.8) is 0 Å². The summed E-state index contributed by atoms with van der Waals surface area (Å²) in [5, 5.41) is 0. The summed E-state index contributed by atoms with van der Waals surface area (Å²) in [5.74, 6) is 0. The zero-order valence-electron chi connectivity index (χ0n) is 14.4. The second-order valence-corrected chi connectivity index (χ2v) is 57.3. The topological polar surface area (TPSA) is 0 Å². The summed E-state index contributed by atoms with van der Waals surface area (Å²) >= 11 is -1.93. The van der Waals surface area contributed by atoms with E-state index in [9.17, 15) is 0 Å². The molecule has 128 valence electrons. The van der Waals surface area contributed by atoms with Crippen LogP contribution in [-0.2, 0) is 18.6 Å². The van der Waals surface area contributed by atoms with E-state index in [-0.39, 0.29) is 24.8 Å². The van der Waals surface area contributed by atoms with Crippen LogP contribution in [0, 0.1) is 0 Å². The number of rotatable bonds is 2. The van der Waals surface area contributed by atoms with Crippen LogP contribution >= 0.6 is 0 Å². The molecule has 23 heavy (non-hydrogen) atoms. The Bertz CT molecular complexity index is 540. The zero-order valence-corrected chi connectivity index (χ0v) is 22.3. The first-order chi connectivity index (χ1) is 10.2. The third-order valence-corrected chi connectivity index (χ3v) is 31.7. The first-order valence-electron chi connectivity index (χ1n) is 8.98. The van der Waals surface area contributed by atoms with Crippen molar-refractivity contribution in [2.75, 3.05) is 0 Å². The average Bonchev–Trinajstić information content (AvgIpc) is 3.12. The van der Waals surface area contributed by atoms with Crippen LogP contribution in [0.15, 0.2) is 46.6 Å². The van der Waals surface area contributed by atoms with Gasteiger partial charge >= 0.3 is 139 Å². The van der Waals surface area contributed by atoms with Gasteiger partial charge in [0.05, 0.1) is 0 Å². The van der Waals surface area contributed by atoms with Gasteiger partial charge in [0.2, 0.25) is 0 Å². The summed E-state index contributed by atoms with van der Waals surface area (Å²) in [4.78, 5) is 0. The molecule has 0 fully saturated rings. The molecule has 4 rings (SSSR count). The van der Waals surface area contributed by atoms with Gasteiger partial charge in [0.15, 0.2) is 0 Å². The van der Waals surface area contributed by atoms with Gasteiger partial charge in [-0.2, -0.15) is 0 Å². The van der Waals surface area contributed by atoms with Crippen LogP contribution in [0.1, 0.15) is 51.4 Å². The van der Waals surface area contributed by atoms with Crippen LogP contribution in [0.2, 0.25) is 7.25 Å². The van der Waals surface area contributed by atoms with E-state index in [1.807, 2.05) is 11.1 Å². The summed E-state index contributed by atoms with van der Waals surface area (Å²) in [6.07, 6.45) is 22.0. The van der Waals surface area contributed by atoms with Crippen LogP contribution in [0.4, 0.5) is 0 Å². The van der Waals surface area contributed by atoms with E-state index in [4.69, 9.17) is 0 Å². The van der Waals surface area contributed by atoms with E-state index in [1.54, 1.807) is 25.9 Å². The van der Waals surface area contributed by atoms with Gasteiger partial charge < -0.3 is 24.8 Å². The molecular formula is C18H28Cl2Si2Zr-2. The van der Waals surface area contributed by atoms with Crippen molar-refractivity contribution >= 4 is 14.7 Å². The van der Waals surface area contributed by atoms with Crippen molar-refractivity contribution in [2.24, 2.45) is 0 Å². The molecule has 0 amide bonds. The molecule has 2 atom stereocenters. The molecule has 4 aliphatic carbocycles. The van der Waals surface area contributed by atoms with Crippen molar-refractivity contribution in [3.8, 4) is 0 Å². The molecule has 0 N–H and O–H groups in total. The van der Waals surface area contributed by atoms with Crippen molar-refractivity contribution in [2.45, 2.75) is 58.6 Å². The Morgan fingerprint density at radius 3 is 1.52 bits per heavy atom. The Kier molecular flexibility index (Phi) is 7.05. The normalized spacial score (nSPS) is 31.5. The van der Waals surface area contributed by atoms with Crippen molar-refractivity contribution in [3.05, 3.63) is 46.6 Å². The summed E-state index contributed by atoms with van der Waals surface area (Å²) in [5.41, 5.74) is 7.44. The van der Waals surface area contributed by atoms with Gasteiger partial charge in [-0.25, -0.2) is 0 Å². The number of hydrogen-bond acceptors (Lipinski definition) is 0. The molecule has 0 aromatic carbocycles. The molecule has 2 unspecified atom stereocenters. The summed E-state index contributed by atoms with van der Waals surface area (Å²) in [6.45, 7) is 0. The van der Waals surface area contributed by atoms with Crippen LogP contribution in [-0.4, -0.2) is 14.7 Å². The molecule has 0 saturated heterocycles. The monoisotopic (exact) mass is 460 g/mol. The molecule has 0 nitrogen and oxygen atoms in total. The SMILES string of the molecule is [Cl-].[Cl-].[SiH3][Zr]([SiH3])([CH]1C=CC2=C1CCCC2)[CH]1C=CC2=C1CCCC2. The number of halogens is 2. The molecule has 0 aromatic heterocycles. The van der Waals surface area contributed by atoms with Crippen molar-refractivity contribution in [1.29, 1.82) is 0 Å². The van der Waals surface area contributed by atoms with Crippen LogP contribution in [0.25, 0.3) is 0 Å². The van der Waals surface area contributed by atoms with Crippen LogP contribution in [0.5, 0.6) is 0 Å². The fourth-order valence-electron chi connectivity index (χ4n) is 5.24. The predicted octanol–water partition coefficient (Wildman–Crippen LogP) is -2.83. The summed E-state index contributed by atoms with van der Waals surface area (Å²) < 4.78 is 2.02. The molecule has 5 heteroatoms. The van der Waals surface area contributed by atoms with Crippen molar-refractivity contribution in [1.82, 2.24) is 0 Å². The van der Waals surface area contributed by atoms with Gasteiger partial charge in [-0.1, -0.05) is 0 Å². The van der Waals surface area contributed by atoms with Crippen LogP contribution < -0.4 is 24.8 Å². The van der Waals surface area contributed by atoms with E-state index < -0.39 is 18.6 Å². The van der Waals surface area contributed by atoms with Gasteiger partial charge in [-0.15, -0.1) is 0 Å². The molecule has 0 radical (unpaired) electrons. The maximum absolute atomic E-state index is 2.70. The Balaban J connectivity index is 0.000000960. The molecule has 0 aromatic rings. The predicted molar refractivity (Wildman–Crippen MR) is 96.6 cm³/mol. The Hall–Kier alpha value is 0.857. The van der Waals surface area contributed by atoms with Gasteiger partial charge in [-0.05, 0) is 0 Å². The molecular weight excluding hydrogens is 435 g/mol. The van der Waals surface area contributed by atoms with Gasteiger partial charge in [0.25, 0.3) is 0 Å². The second kappa shape index (κ2) is 8.04. The standard InChI is InChI=1S/2C9H11.2ClH.2H3Si.Zr/c2*1-2-5-9-7-3-6-8(9)4-1;;;;;/h2*3,6-7H,1-2,4-5H2;2*1H;2*1H3;/p-2. The molecule has 0 heterocycles. The van der Waals surface area contributed by atoms with Gasteiger partial charge in [-0.3, -0.25) is 0 Å². The van der Waals surface area contributed by atoms with Crippen LogP contribution in [0.3, 0.4) is 0 Å².